The summed E-state index contributed by atoms with van der Waals surface area (Å²) in [4.78, 5) is 58.1. The largest absolute Gasteiger partial charge is 0.480 e. The van der Waals surface area contributed by atoms with Crippen molar-refractivity contribution in [3.8, 4) is 0 Å². The van der Waals surface area contributed by atoms with E-state index in [0.29, 0.717) is 11.3 Å². The number of aliphatic carboxylic acids is 1. The van der Waals surface area contributed by atoms with E-state index in [1.807, 2.05) is 66.7 Å². The highest BCUT2D eigenvalue weighted by Gasteiger charge is 2.68. The molecule has 4 atom stereocenters. The monoisotopic (exact) mass is 557 g/mol. The predicted molar refractivity (Wildman–Crippen MR) is 158 cm³/mol. The van der Waals surface area contributed by atoms with Gasteiger partial charge in [0.2, 0.25) is 11.8 Å². The molecule has 2 saturated heterocycles. The van der Waals surface area contributed by atoms with Gasteiger partial charge in [-0.2, -0.15) is 0 Å². The summed E-state index contributed by atoms with van der Waals surface area (Å²) in [6.07, 6.45) is 1.77. The van der Waals surface area contributed by atoms with Crippen LogP contribution in [-0.2, 0) is 20.8 Å². The lowest BCUT2D eigenvalue weighted by Crippen LogP contribution is -2.57. The number of carboxylic acid groups (broad SMARTS) is 1. The van der Waals surface area contributed by atoms with E-state index in [1.54, 1.807) is 30.5 Å². The number of aromatic amines is 1. The number of para-hydroxylation sites is 1. The number of hydrogen-bond acceptors (Lipinski definition) is 5. The van der Waals surface area contributed by atoms with Crippen LogP contribution < -0.4 is 10.2 Å². The Morgan fingerprint density at radius 2 is 1.55 bits per heavy atom. The van der Waals surface area contributed by atoms with Crippen molar-refractivity contribution in [2.45, 2.75) is 24.9 Å². The number of nitrogens with zero attached hydrogens (tertiary/aromatic N) is 1. The van der Waals surface area contributed by atoms with E-state index in [0.717, 1.165) is 37.7 Å². The first-order valence-corrected chi connectivity index (χ1v) is 13.8. The van der Waals surface area contributed by atoms with E-state index in [1.165, 1.54) is 6.92 Å². The van der Waals surface area contributed by atoms with Gasteiger partial charge in [0.05, 0.1) is 17.5 Å². The summed E-state index contributed by atoms with van der Waals surface area (Å²) >= 11 is 0. The van der Waals surface area contributed by atoms with Crippen molar-refractivity contribution in [2.24, 2.45) is 11.8 Å². The van der Waals surface area contributed by atoms with E-state index in [4.69, 9.17) is 0 Å². The first-order valence-electron chi connectivity index (χ1n) is 13.8. The minimum absolute atomic E-state index is 0.00901. The highest BCUT2D eigenvalue weighted by atomic mass is 16.4. The number of carbonyl (C=O) groups excluding carboxylic acids is 3. The molecule has 0 saturated carbocycles. The minimum atomic E-state index is -1.77. The molecule has 0 spiro atoms. The Bertz CT molecular complexity index is 1920. The Labute approximate surface area is 241 Å². The number of anilines is 1. The van der Waals surface area contributed by atoms with Crippen molar-refractivity contribution in [1.82, 2.24) is 10.3 Å². The van der Waals surface area contributed by atoms with Crippen LogP contribution in [0.3, 0.4) is 0 Å². The molecule has 42 heavy (non-hydrogen) atoms. The number of benzene rings is 4. The number of ketones is 1. The number of carboxylic acids is 1. The fraction of sp³-hybridized carbons (Fsp3) is 0.176. The molecule has 7 rings (SSSR count). The standard InChI is InChI=1S/C34H27N3O5/c1-19(38)20-13-15-23(16-14-20)37-31(39)28-29(32(37)40)34(33(41)42,17-22-18-35-27-12-5-4-10-25(22)27)36-30(28)26-11-6-8-21-7-2-3-9-24(21)26/h2-16,18,28-30,35-36H,17H2,1H3,(H,41,42). The third-order valence-electron chi connectivity index (χ3n) is 8.87. The van der Waals surface area contributed by atoms with Gasteiger partial charge in [0.1, 0.15) is 5.54 Å². The van der Waals surface area contributed by atoms with Crippen LogP contribution in [0.25, 0.3) is 21.7 Å². The second-order valence-electron chi connectivity index (χ2n) is 11.1. The summed E-state index contributed by atoms with van der Waals surface area (Å²) in [5.41, 5.74) is 1.36. The molecular formula is C34H27N3O5. The third-order valence-corrected chi connectivity index (χ3v) is 8.87. The summed E-state index contributed by atoms with van der Waals surface area (Å²) in [6.45, 7) is 1.44. The maximum Gasteiger partial charge on any atom is 0.325 e. The van der Waals surface area contributed by atoms with E-state index in [9.17, 15) is 24.3 Å². The van der Waals surface area contributed by atoms with Crippen LogP contribution in [0, 0.1) is 11.8 Å². The molecular weight excluding hydrogens is 530 g/mol. The molecule has 0 radical (unpaired) electrons. The molecule has 2 aliphatic heterocycles. The van der Waals surface area contributed by atoms with Gasteiger partial charge in [-0.1, -0.05) is 60.7 Å². The number of aromatic nitrogens is 1. The van der Waals surface area contributed by atoms with Crippen LogP contribution in [0.15, 0.2) is 97.2 Å². The predicted octanol–water partition coefficient (Wildman–Crippen LogP) is 5.04. The van der Waals surface area contributed by atoms with Gasteiger partial charge in [0, 0.05) is 35.1 Å². The van der Waals surface area contributed by atoms with Crippen LogP contribution in [0.2, 0.25) is 0 Å². The number of amides is 2. The Balaban J connectivity index is 1.41. The van der Waals surface area contributed by atoms with Crippen molar-refractivity contribution >= 4 is 50.9 Å². The Morgan fingerprint density at radius 3 is 2.29 bits per heavy atom. The summed E-state index contributed by atoms with van der Waals surface area (Å²) in [7, 11) is 0. The molecule has 8 nitrogen and oxygen atoms in total. The maximum absolute atomic E-state index is 14.3. The van der Waals surface area contributed by atoms with E-state index in [2.05, 4.69) is 10.3 Å². The Hall–Kier alpha value is -5.08. The van der Waals surface area contributed by atoms with Crippen LogP contribution >= 0.6 is 0 Å². The Kier molecular flexibility index (Phi) is 5.85. The van der Waals surface area contributed by atoms with Crippen molar-refractivity contribution in [3.63, 3.8) is 0 Å². The molecule has 0 aliphatic carbocycles. The number of hydrogen-bond donors (Lipinski definition) is 3. The maximum atomic E-state index is 14.3. The van der Waals surface area contributed by atoms with Gasteiger partial charge < -0.3 is 10.1 Å². The lowest BCUT2D eigenvalue weighted by Gasteiger charge is -2.31. The zero-order valence-corrected chi connectivity index (χ0v) is 22.7. The van der Waals surface area contributed by atoms with Gasteiger partial charge >= 0.3 is 5.97 Å². The zero-order valence-electron chi connectivity index (χ0n) is 22.7. The van der Waals surface area contributed by atoms with Crippen molar-refractivity contribution < 1.29 is 24.3 Å². The van der Waals surface area contributed by atoms with Gasteiger partial charge in [0.25, 0.3) is 0 Å². The average molecular weight is 558 g/mol. The third kappa shape index (κ3) is 3.72. The number of rotatable bonds is 6. The molecule has 3 N–H and O–H groups in total. The summed E-state index contributed by atoms with van der Waals surface area (Å²) in [5.74, 6) is -4.50. The van der Waals surface area contributed by atoms with Crippen LogP contribution in [0.4, 0.5) is 5.69 Å². The van der Waals surface area contributed by atoms with Crippen LogP contribution in [-0.4, -0.2) is 39.2 Å². The highest BCUT2D eigenvalue weighted by Crippen LogP contribution is 2.52. The molecule has 2 amide bonds. The molecule has 2 fully saturated rings. The van der Waals surface area contributed by atoms with Crippen molar-refractivity contribution in [1.29, 1.82) is 0 Å². The van der Waals surface area contributed by atoms with Crippen molar-refractivity contribution in [3.05, 3.63) is 114 Å². The number of Topliss-reactive ketones (excluding diaryl/α,β-unsaturated/α-hetero) is 1. The first kappa shape index (κ1) is 25.9. The van der Waals surface area contributed by atoms with E-state index < -0.39 is 41.2 Å². The number of imide groups is 1. The number of carbonyl (C=O) groups is 4. The summed E-state index contributed by atoms with van der Waals surface area (Å²) in [5, 5.41) is 17.0. The fourth-order valence-electron chi connectivity index (χ4n) is 6.90. The zero-order chi connectivity index (χ0) is 29.2. The number of H-pyrrole nitrogens is 1. The Morgan fingerprint density at radius 1 is 0.857 bits per heavy atom. The van der Waals surface area contributed by atoms with Crippen LogP contribution in [0.1, 0.15) is 34.5 Å². The quantitative estimate of drug-likeness (QED) is 0.199. The van der Waals surface area contributed by atoms with Crippen LogP contribution in [0.5, 0.6) is 0 Å². The molecule has 208 valence electrons. The fourth-order valence-corrected chi connectivity index (χ4v) is 6.90. The van der Waals surface area contributed by atoms with Gasteiger partial charge in [-0.3, -0.25) is 24.5 Å². The smallest absolute Gasteiger partial charge is 0.325 e. The lowest BCUT2D eigenvalue weighted by molar-refractivity contribution is -0.148. The molecule has 1 aromatic heterocycles. The molecule has 0 bridgehead atoms. The van der Waals surface area contributed by atoms with Gasteiger partial charge in [0.15, 0.2) is 5.78 Å². The number of fused-ring (bicyclic) bond motifs is 3. The minimum Gasteiger partial charge on any atom is -0.480 e. The highest BCUT2D eigenvalue weighted by molar-refractivity contribution is 6.24. The summed E-state index contributed by atoms with van der Waals surface area (Å²) < 4.78 is 0. The van der Waals surface area contributed by atoms with E-state index >= 15 is 0 Å². The van der Waals surface area contributed by atoms with Gasteiger partial charge in [-0.25, -0.2) is 4.90 Å². The molecule has 4 aromatic carbocycles. The van der Waals surface area contributed by atoms with Crippen molar-refractivity contribution in [2.75, 3.05) is 4.90 Å². The lowest BCUT2D eigenvalue weighted by atomic mass is 9.76. The molecule has 2 aliphatic rings. The molecule has 3 heterocycles. The molecule has 8 heteroatoms. The average Bonchev–Trinajstić information content (AvgIpc) is 3.64. The van der Waals surface area contributed by atoms with Gasteiger partial charge in [-0.15, -0.1) is 0 Å². The van der Waals surface area contributed by atoms with E-state index in [-0.39, 0.29) is 12.2 Å². The molecule has 4 unspecified atom stereocenters. The molecule has 5 aromatic rings. The number of nitrogens with one attached hydrogen (secondary N) is 2. The SMILES string of the molecule is CC(=O)c1ccc(N2C(=O)C3C(c4cccc5ccccc45)NC(Cc4c[nH]c5ccccc45)(C(=O)O)C3C2=O)cc1. The second-order valence-corrected chi connectivity index (χ2v) is 11.1. The first-order chi connectivity index (χ1) is 20.3. The van der Waals surface area contributed by atoms with Gasteiger partial charge in [-0.05, 0) is 59.2 Å². The normalized spacial score (nSPS) is 23.5. The second kappa shape index (κ2) is 9.49. The topological polar surface area (TPSA) is 120 Å². The summed E-state index contributed by atoms with van der Waals surface area (Å²) in [6, 6.07) is 26.6.